The van der Waals surface area contributed by atoms with Crippen LogP contribution < -0.4 is 10.6 Å². The molecule has 12 nitrogen and oxygen atoms in total. The maximum atomic E-state index is 11.9. The van der Waals surface area contributed by atoms with Crippen LogP contribution in [-0.2, 0) is 73.2 Å². The molecule has 0 aliphatic rings. The van der Waals surface area contributed by atoms with Gasteiger partial charge in [0.15, 0.2) is 0 Å². The molecule has 0 aliphatic heterocycles. The number of hydrogen-bond acceptors (Lipinski definition) is 10. The van der Waals surface area contributed by atoms with Crippen LogP contribution in [0.1, 0.15) is 66.8 Å². The molecule has 0 radical (unpaired) electrons. The SMILES string of the molecule is COCCOCCc1cc(C#Cc2ccc(NC(=O)CBr)cc2)c(CCOCCOC)cc1C#Cc1ccc(C#Cc2cc(CCOCCOC)c(C#Cc3ccc(NC(=O)CBr)cc3)cc2CCOCCOC)cc1. The highest BCUT2D eigenvalue weighted by Gasteiger charge is 2.12. The second-order valence-electron chi connectivity index (χ2n) is 16.8. The van der Waals surface area contributed by atoms with E-state index in [2.05, 4.69) is 114 Å². The van der Waals surface area contributed by atoms with Crippen LogP contribution in [-0.4, -0.2) is 130 Å². The topological polar surface area (TPSA) is 132 Å². The number of ether oxygens (including phenoxy) is 8. The molecule has 0 aromatic heterocycles. The Hall–Kier alpha value is -6.08. The van der Waals surface area contributed by atoms with Gasteiger partial charge in [0.1, 0.15) is 0 Å². The molecule has 0 aliphatic carbocycles. The third kappa shape index (κ3) is 22.6. The summed E-state index contributed by atoms with van der Waals surface area (Å²) >= 11 is 6.38. The highest BCUT2D eigenvalue weighted by Crippen LogP contribution is 2.22. The number of halogens is 2. The zero-order chi connectivity index (χ0) is 54.0. The van der Waals surface area contributed by atoms with E-state index in [1.807, 2.05) is 72.8 Å². The lowest BCUT2D eigenvalue weighted by atomic mass is 9.94. The summed E-state index contributed by atoms with van der Waals surface area (Å²) < 4.78 is 44.4. The van der Waals surface area contributed by atoms with Crippen molar-refractivity contribution in [3.63, 3.8) is 0 Å². The van der Waals surface area contributed by atoms with Crippen LogP contribution in [0, 0.1) is 47.4 Å². The van der Waals surface area contributed by atoms with Gasteiger partial charge < -0.3 is 48.5 Å². The Balaban J connectivity index is 1.46. The molecular weight excluding hydrogens is 1090 g/mol. The van der Waals surface area contributed by atoms with Gasteiger partial charge in [0.2, 0.25) is 11.8 Å². The van der Waals surface area contributed by atoms with Gasteiger partial charge >= 0.3 is 0 Å². The van der Waals surface area contributed by atoms with Crippen molar-refractivity contribution in [2.24, 2.45) is 0 Å². The maximum Gasteiger partial charge on any atom is 0.235 e. The van der Waals surface area contributed by atoms with Crippen LogP contribution >= 0.6 is 31.9 Å². The van der Waals surface area contributed by atoms with E-state index in [1.165, 1.54) is 0 Å². The van der Waals surface area contributed by atoms with Gasteiger partial charge in [-0.2, -0.15) is 0 Å². The molecule has 0 saturated carbocycles. The predicted octanol–water partition coefficient (Wildman–Crippen LogP) is 8.77. The maximum absolute atomic E-state index is 11.9. The summed E-state index contributed by atoms with van der Waals surface area (Å²) in [6.07, 6.45) is 2.48. The van der Waals surface area contributed by atoms with Gasteiger partial charge in [-0.3, -0.25) is 9.59 Å². The molecule has 0 unspecified atom stereocenters. The van der Waals surface area contributed by atoms with Crippen molar-refractivity contribution in [3.8, 4) is 47.4 Å². The molecule has 2 amide bonds. The van der Waals surface area contributed by atoms with Crippen molar-refractivity contribution in [2.45, 2.75) is 25.7 Å². The second-order valence-corrected chi connectivity index (χ2v) is 18.0. The van der Waals surface area contributed by atoms with E-state index >= 15 is 0 Å². The molecule has 398 valence electrons. The first-order valence-electron chi connectivity index (χ1n) is 24.9. The largest absolute Gasteiger partial charge is 0.382 e. The highest BCUT2D eigenvalue weighted by atomic mass is 79.9. The number of benzene rings is 5. The fourth-order valence-electron chi connectivity index (χ4n) is 7.23. The van der Waals surface area contributed by atoms with Gasteiger partial charge in [-0.1, -0.05) is 79.2 Å². The number of nitrogens with one attached hydrogen (secondary N) is 2. The summed E-state index contributed by atoms with van der Waals surface area (Å²) in [6, 6.07) is 31.3. The van der Waals surface area contributed by atoms with Crippen LogP contribution in [0.25, 0.3) is 0 Å². The quantitative estimate of drug-likeness (QED) is 0.0285. The molecule has 14 heteroatoms. The molecule has 0 heterocycles. The van der Waals surface area contributed by atoms with Gasteiger partial charge in [-0.25, -0.2) is 0 Å². The highest BCUT2D eigenvalue weighted by molar-refractivity contribution is 9.09. The minimum absolute atomic E-state index is 0.126. The lowest BCUT2D eigenvalue weighted by Gasteiger charge is -2.12. The van der Waals surface area contributed by atoms with Crippen LogP contribution in [0.4, 0.5) is 11.4 Å². The van der Waals surface area contributed by atoms with Crippen molar-refractivity contribution >= 4 is 55.0 Å². The summed E-state index contributed by atoms with van der Waals surface area (Å²) in [6.45, 7) is 5.88. The summed E-state index contributed by atoms with van der Waals surface area (Å²) in [7, 11) is 6.62. The Morgan fingerprint density at radius 2 is 0.592 bits per heavy atom. The van der Waals surface area contributed by atoms with Crippen molar-refractivity contribution in [2.75, 3.05) is 129 Å². The van der Waals surface area contributed by atoms with E-state index in [4.69, 9.17) is 37.9 Å². The summed E-state index contributed by atoms with van der Waals surface area (Å²) in [5.74, 6) is 27.0. The first kappa shape index (κ1) is 60.8. The van der Waals surface area contributed by atoms with E-state index in [0.717, 1.165) is 66.8 Å². The zero-order valence-corrected chi connectivity index (χ0v) is 47.0. The van der Waals surface area contributed by atoms with Gasteiger partial charge in [0, 0.05) is 84.3 Å². The van der Waals surface area contributed by atoms with Crippen LogP contribution in [0.15, 0.2) is 97.1 Å². The fourth-order valence-corrected chi connectivity index (χ4v) is 7.52. The lowest BCUT2D eigenvalue weighted by molar-refractivity contribution is -0.114. The van der Waals surface area contributed by atoms with Gasteiger partial charge in [-0.05, 0) is 145 Å². The molecule has 5 aromatic rings. The molecule has 0 saturated heterocycles. The van der Waals surface area contributed by atoms with Crippen LogP contribution in [0.3, 0.4) is 0 Å². The van der Waals surface area contributed by atoms with Crippen molar-refractivity contribution in [1.29, 1.82) is 0 Å². The van der Waals surface area contributed by atoms with Crippen molar-refractivity contribution in [3.05, 3.63) is 164 Å². The van der Waals surface area contributed by atoms with E-state index < -0.39 is 0 Å². The number of alkyl halides is 2. The first-order chi connectivity index (χ1) is 37.2. The van der Waals surface area contributed by atoms with Crippen LogP contribution in [0.2, 0.25) is 0 Å². The number of anilines is 2. The molecule has 0 spiro atoms. The first-order valence-corrected chi connectivity index (χ1v) is 27.2. The number of amides is 2. The monoisotopic (exact) mass is 1160 g/mol. The Morgan fingerprint density at radius 3 is 0.816 bits per heavy atom. The van der Waals surface area contributed by atoms with E-state index in [0.29, 0.717) is 116 Å². The fraction of sp³-hybridized carbons (Fsp3) is 0.355. The van der Waals surface area contributed by atoms with Gasteiger partial charge in [-0.15, -0.1) is 0 Å². The molecule has 5 rings (SSSR count). The molecule has 76 heavy (non-hydrogen) atoms. The number of hydrogen-bond donors (Lipinski definition) is 2. The molecular formula is C62H66Br2N2O10. The number of rotatable bonds is 28. The molecule has 0 bridgehead atoms. The molecule has 5 aromatic carbocycles. The number of methoxy groups -OCH3 is 4. The standard InChI is InChI=1S/C62H66Br2N2O10/c1-69-33-37-73-29-25-55-43-53(19-11-49-13-21-59(22-14-49)65-61(67)45-63)57(27-31-75-39-35-71-3)41-51(55)17-9-47-5-7-48(8-6-47)10-18-52-42-58(28-32-76-40-36-72-4)54(44-56(52)26-30-74-38-34-70-2)20-12-50-15-23-60(24-16-50)66-62(68)46-64/h5-8,13-16,21-24,41-44H,25-40,45-46H2,1-4H3,(H,65,67)(H,66,68). The van der Waals surface area contributed by atoms with Crippen molar-refractivity contribution in [1.82, 2.24) is 0 Å². The number of carbonyl (C=O) groups is 2. The Morgan fingerprint density at radius 1 is 0.355 bits per heavy atom. The van der Waals surface area contributed by atoms with Gasteiger partial charge in [0.25, 0.3) is 0 Å². The third-order valence-electron chi connectivity index (χ3n) is 11.3. The Labute approximate surface area is 465 Å². The lowest BCUT2D eigenvalue weighted by Crippen LogP contribution is -2.11. The second kappa shape index (κ2) is 36.0. The van der Waals surface area contributed by atoms with Crippen molar-refractivity contribution < 1.29 is 47.5 Å². The predicted molar refractivity (Wildman–Crippen MR) is 307 cm³/mol. The third-order valence-corrected chi connectivity index (χ3v) is 12.3. The Bertz CT molecular complexity index is 2670. The average Bonchev–Trinajstić information content (AvgIpc) is 3.44. The summed E-state index contributed by atoms with van der Waals surface area (Å²) in [4.78, 5) is 23.8. The summed E-state index contributed by atoms with van der Waals surface area (Å²) in [5, 5.41) is 6.12. The molecule has 2 N–H and O–H groups in total. The van der Waals surface area contributed by atoms with E-state index in [9.17, 15) is 9.59 Å². The minimum Gasteiger partial charge on any atom is -0.382 e. The average molecular weight is 1160 g/mol. The normalized spacial score (nSPS) is 10.5. The van der Waals surface area contributed by atoms with Gasteiger partial charge in [0.05, 0.1) is 89.9 Å². The van der Waals surface area contributed by atoms with E-state index in [-0.39, 0.29) is 22.5 Å². The van der Waals surface area contributed by atoms with Crippen LogP contribution in [0.5, 0.6) is 0 Å². The summed E-state index contributed by atoms with van der Waals surface area (Å²) in [5.41, 5.74) is 12.2. The molecule has 0 fully saturated rings. The van der Waals surface area contributed by atoms with E-state index in [1.54, 1.807) is 28.4 Å². The zero-order valence-electron chi connectivity index (χ0n) is 43.8. The Kier molecular flexibility index (Phi) is 28.8. The number of carbonyl (C=O) groups excluding carboxylic acids is 2. The smallest absolute Gasteiger partial charge is 0.235 e. The minimum atomic E-state index is -0.126. The molecule has 0 atom stereocenters.